The summed E-state index contributed by atoms with van der Waals surface area (Å²) >= 11 is 5.87. The molecule has 1 aliphatic rings. The first kappa shape index (κ1) is 12.2. The number of nitrogens with one attached hydrogen (secondary N) is 2. The highest BCUT2D eigenvalue weighted by Crippen LogP contribution is 2.32. The number of halogens is 1. The van der Waals surface area contributed by atoms with Crippen LogP contribution in [-0.2, 0) is 6.54 Å². The molecule has 2 N–H and O–H groups in total. The van der Waals surface area contributed by atoms with Crippen LogP contribution in [0.1, 0.15) is 25.3 Å². The van der Waals surface area contributed by atoms with E-state index in [0.29, 0.717) is 17.5 Å². The highest BCUT2D eigenvalue weighted by Gasteiger charge is 2.28. The second kappa shape index (κ2) is 5.41. The molecule has 0 bridgehead atoms. The van der Waals surface area contributed by atoms with Gasteiger partial charge in [0.25, 0.3) is 0 Å². The minimum absolute atomic E-state index is 0.107. The van der Waals surface area contributed by atoms with Crippen LogP contribution in [0.15, 0.2) is 24.3 Å². The molecule has 4 heteroatoms. The Hall–Kier alpha value is -1.22. The molecule has 3 nitrogen and oxygen atoms in total. The third-order valence-electron chi connectivity index (χ3n) is 3.03. The molecular weight excluding hydrogens is 236 g/mol. The summed E-state index contributed by atoms with van der Waals surface area (Å²) in [6.45, 7) is 2.56. The molecule has 1 unspecified atom stereocenters. The van der Waals surface area contributed by atoms with Crippen molar-refractivity contribution in [3.05, 3.63) is 34.9 Å². The molecule has 1 atom stereocenters. The maximum atomic E-state index is 11.6. The van der Waals surface area contributed by atoms with E-state index in [0.717, 1.165) is 5.56 Å². The molecule has 0 saturated heterocycles. The van der Waals surface area contributed by atoms with Crippen molar-refractivity contribution < 1.29 is 4.79 Å². The summed E-state index contributed by atoms with van der Waals surface area (Å²) in [7, 11) is 0. The van der Waals surface area contributed by atoms with Crippen molar-refractivity contribution in [3.8, 4) is 0 Å². The van der Waals surface area contributed by atoms with E-state index in [9.17, 15) is 4.79 Å². The van der Waals surface area contributed by atoms with Gasteiger partial charge in [0.05, 0.1) is 0 Å². The summed E-state index contributed by atoms with van der Waals surface area (Å²) in [5.41, 5.74) is 1.01. The van der Waals surface area contributed by atoms with Crippen molar-refractivity contribution >= 4 is 17.6 Å². The van der Waals surface area contributed by atoms with E-state index in [2.05, 4.69) is 17.6 Å². The lowest BCUT2D eigenvalue weighted by atomic mass is 10.2. The normalized spacial score (nSPS) is 16.4. The van der Waals surface area contributed by atoms with Crippen LogP contribution >= 0.6 is 11.6 Å². The van der Waals surface area contributed by atoms with Gasteiger partial charge in [-0.3, -0.25) is 0 Å². The van der Waals surface area contributed by atoms with E-state index in [1.165, 1.54) is 12.8 Å². The van der Waals surface area contributed by atoms with Crippen LogP contribution in [0, 0.1) is 5.92 Å². The van der Waals surface area contributed by atoms with Crippen molar-refractivity contribution in [3.63, 3.8) is 0 Å². The van der Waals surface area contributed by atoms with Crippen molar-refractivity contribution in [2.24, 2.45) is 5.92 Å². The topological polar surface area (TPSA) is 41.1 Å². The number of rotatable bonds is 4. The van der Waals surface area contributed by atoms with Crippen molar-refractivity contribution in [2.75, 3.05) is 0 Å². The molecule has 2 rings (SSSR count). The van der Waals surface area contributed by atoms with Crippen LogP contribution in [0.3, 0.4) is 0 Å². The summed E-state index contributed by atoms with van der Waals surface area (Å²) in [6.07, 6.45) is 2.46. The Morgan fingerprint density at radius 2 is 2.29 bits per heavy atom. The predicted molar refractivity (Wildman–Crippen MR) is 69.0 cm³/mol. The summed E-state index contributed by atoms with van der Waals surface area (Å²) in [5, 5.41) is 6.47. The first-order chi connectivity index (χ1) is 8.15. The Bertz CT molecular complexity index is 404. The highest BCUT2D eigenvalue weighted by molar-refractivity contribution is 6.30. The standard InChI is InChI=1S/C13H17ClN2O/c1-9(11-5-6-11)16-13(17)15-8-10-3-2-4-12(14)7-10/h2-4,7,9,11H,5-6,8H2,1H3,(H2,15,16,17). The van der Waals surface area contributed by atoms with E-state index in [1.54, 1.807) is 0 Å². The van der Waals surface area contributed by atoms with Gasteiger partial charge in [-0.1, -0.05) is 23.7 Å². The zero-order chi connectivity index (χ0) is 12.3. The average molecular weight is 253 g/mol. The monoisotopic (exact) mass is 252 g/mol. The summed E-state index contributed by atoms with van der Waals surface area (Å²) in [6, 6.07) is 7.66. The molecular formula is C13H17ClN2O. The molecule has 0 heterocycles. The Balaban J connectivity index is 1.75. The molecule has 1 aromatic carbocycles. The number of hydrogen-bond donors (Lipinski definition) is 2. The van der Waals surface area contributed by atoms with Gasteiger partial charge in [0.1, 0.15) is 0 Å². The molecule has 1 saturated carbocycles. The average Bonchev–Trinajstić information content (AvgIpc) is 3.10. The Morgan fingerprint density at radius 1 is 1.53 bits per heavy atom. The van der Waals surface area contributed by atoms with Gasteiger partial charge in [-0.15, -0.1) is 0 Å². The first-order valence-electron chi connectivity index (χ1n) is 5.94. The second-order valence-corrected chi connectivity index (χ2v) is 5.02. The third-order valence-corrected chi connectivity index (χ3v) is 3.27. The molecule has 92 valence electrons. The van der Waals surface area contributed by atoms with Crippen LogP contribution in [0.4, 0.5) is 4.79 Å². The van der Waals surface area contributed by atoms with Gasteiger partial charge >= 0.3 is 6.03 Å². The van der Waals surface area contributed by atoms with Crippen LogP contribution in [-0.4, -0.2) is 12.1 Å². The van der Waals surface area contributed by atoms with E-state index >= 15 is 0 Å². The van der Waals surface area contributed by atoms with Gasteiger partial charge in [0.15, 0.2) is 0 Å². The van der Waals surface area contributed by atoms with Gasteiger partial charge in [0.2, 0.25) is 0 Å². The molecule has 2 amide bonds. The van der Waals surface area contributed by atoms with Crippen molar-refractivity contribution in [2.45, 2.75) is 32.4 Å². The van der Waals surface area contributed by atoms with Gasteiger partial charge in [-0.2, -0.15) is 0 Å². The summed E-state index contributed by atoms with van der Waals surface area (Å²) in [5.74, 6) is 0.673. The molecule has 0 radical (unpaired) electrons. The fourth-order valence-electron chi connectivity index (χ4n) is 1.80. The number of urea groups is 1. The fraction of sp³-hybridized carbons (Fsp3) is 0.462. The van der Waals surface area contributed by atoms with Gasteiger partial charge in [-0.25, -0.2) is 4.79 Å². The Labute approximate surface area is 107 Å². The number of hydrogen-bond acceptors (Lipinski definition) is 1. The van der Waals surface area contributed by atoms with Crippen molar-refractivity contribution in [1.29, 1.82) is 0 Å². The minimum Gasteiger partial charge on any atom is -0.335 e. The molecule has 1 aromatic rings. The molecule has 1 aliphatic carbocycles. The Morgan fingerprint density at radius 3 is 2.94 bits per heavy atom. The zero-order valence-electron chi connectivity index (χ0n) is 9.87. The van der Waals surface area contributed by atoms with Crippen LogP contribution in [0.2, 0.25) is 5.02 Å². The lowest BCUT2D eigenvalue weighted by Gasteiger charge is -2.13. The van der Waals surface area contributed by atoms with Crippen LogP contribution < -0.4 is 10.6 Å². The molecule has 0 aliphatic heterocycles. The fourth-order valence-corrected chi connectivity index (χ4v) is 2.01. The molecule has 17 heavy (non-hydrogen) atoms. The summed E-state index contributed by atoms with van der Waals surface area (Å²) < 4.78 is 0. The van der Waals surface area contributed by atoms with E-state index in [1.807, 2.05) is 24.3 Å². The Kier molecular flexibility index (Phi) is 3.89. The SMILES string of the molecule is CC(NC(=O)NCc1cccc(Cl)c1)C1CC1. The number of carbonyl (C=O) groups excluding carboxylic acids is 1. The number of carbonyl (C=O) groups is 1. The summed E-state index contributed by atoms with van der Waals surface area (Å²) in [4.78, 5) is 11.6. The van der Waals surface area contributed by atoms with Crippen LogP contribution in [0.5, 0.6) is 0 Å². The zero-order valence-corrected chi connectivity index (χ0v) is 10.6. The maximum absolute atomic E-state index is 11.6. The van der Waals surface area contributed by atoms with Gasteiger partial charge < -0.3 is 10.6 Å². The minimum atomic E-state index is -0.107. The quantitative estimate of drug-likeness (QED) is 0.850. The number of benzene rings is 1. The third kappa shape index (κ3) is 3.93. The van der Waals surface area contributed by atoms with Crippen molar-refractivity contribution in [1.82, 2.24) is 10.6 Å². The molecule has 0 spiro atoms. The lowest BCUT2D eigenvalue weighted by Crippen LogP contribution is -2.41. The predicted octanol–water partition coefficient (Wildman–Crippen LogP) is 2.94. The number of amides is 2. The van der Waals surface area contributed by atoms with Gasteiger partial charge in [-0.05, 0) is 43.4 Å². The molecule has 0 aromatic heterocycles. The second-order valence-electron chi connectivity index (χ2n) is 4.58. The van der Waals surface area contributed by atoms with E-state index in [-0.39, 0.29) is 12.1 Å². The van der Waals surface area contributed by atoms with E-state index in [4.69, 9.17) is 11.6 Å². The maximum Gasteiger partial charge on any atom is 0.315 e. The van der Waals surface area contributed by atoms with E-state index < -0.39 is 0 Å². The smallest absolute Gasteiger partial charge is 0.315 e. The molecule has 1 fully saturated rings. The lowest BCUT2D eigenvalue weighted by molar-refractivity contribution is 0.236. The van der Waals surface area contributed by atoms with Gasteiger partial charge in [0, 0.05) is 17.6 Å². The first-order valence-corrected chi connectivity index (χ1v) is 6.32. The van der Waals surface area contributed by atoms with Crippen LogP contribution in [0.25, 0.3) is 0 Å². The highest BCUT2D eigenvalue weighted by atomic mass is 35.5. The largest absolute Gasteiger partial charge is 0.335 e.